The molecule has 164 valence electrons. The third kappa shape index (κ3) is 18.6. The van der Waals surface area contributed by atoms with Crippen LogP contribution in [-0.2, 0) is 14.3 Å². The smallest absolute Gasteiger partial charge is 0.408 e. The molecule has 0 aliphatic heterocycles. The Morgan fingerprint density at radius 3 is 1.54 bits per heavy atom. The molecule has 0 rings (SSSR count). The number of carbonyl (C=O) groups excluding carboxylic acids is 3. The first-order valence-corrected chi connectivity index (χ1v) is 8.70. The first kappa shape index (κ1) is 28.0. The molecule has 0 radical (unpaired) electrons. The minimum atomic E-state index is -1.99. The van der Waals surface area contributed by atoms with Gasteiger partial charge in [-0.3, -0.25) is 4.79 Å². The van der Waals surface area contributed by atoms with Gasteiger partial charge in [-0.1, -0.05) is 6.92 Å². The Bertz CT molecular complexity index is 547. The molecule has 2 amide bonds. The lowest BCUT2D eigenvalue weighted by Crippen LogP contribution is -2.35. The summed E-state index contributed by atoms with van der Waals surface area (Å²) in [6.07, 6.45) is -2.91. The predicted octanol–water partition coefficient (Wildman–Crippen LogP) is 3.14. The number of hydrogen-bond acceptors (Lipinski definition) is 6. The number of aliphatic hydroxyl groups is 1. The van der Waals surface area contributed by atoms with Gasteiger partial charge in [0, 0.05) is 18.5 Å². The number of hydrogen-bond donors (Lipinski definition) is 3. The van der Waals surface area contributed by atoms with Crippen molar-refractivity contribution in [2.75, 3.05) is 19.7 Å². The Kier molecular flexibility index (Phi) is 13.0. The molecule has 0 saturated carbocycles. The SMILES string of the molecule is CC(C)(C)OC(=O)NCC(CO)=C(F)F.CCC(=O)CNC(=O)OC(C)(C)C. The molecule has 8 nitrogen and oxygen atoms in total. The fraction of sp³-hybridized carbons (Fsp3) is 0.722. The summed E-state index contributed by atoms with van der Waals surface area (Å²) in [7, 11) is 0. The van der Waals surface area contributed by atoms with Crippen LogP contribution < -0.4 is 10.6 Å². The van der Waals surface area contributed by atoms with Crippen LogP contribution in [0.25, 0.3) is 0 Å². The average Bonchev–Trinajstić information content (AvgIpc) is 2.50. The molecule has 0 aromatic rings. The number of amides is 2. The fourth-order valence-corrected chi connectivity index (χ4v) is 1.29. The van der Waals surface area contributed by atoms with E-state index < -0.39 is 48.2 Å². The molecule has 0 heterocycles. The third-order valence-corrected chi connectivity index (χ3v) is 2.53. The summed E-state index contributed by atoms with van der Waals surface area (Å²) >= 11 is 0. The molecular formula is C18H32F2N2O6. The van der Waals surface area contributed by atoms with E-state index in [1.807, 2.05) is 0 Å². The summed E-state index contributed by atoms with van der Waals surface area (Å²) in [4.78, 5) is 32.8. The van der Waals surface area contributed by atoms with E-state index in [0.29, 0.717) is 6.42 Å². The maximum absolute atomic E-state index is 12.0. The normalized spacial score (nSPS) is 10.8. The zero-order valence-electron chi connectivity index (χ0n) is 17.6. The van der Waals surface area contributed by atoms with Crippen LogP contribution in [-0.4, -0.2) is 54.0 Å². The summed E-state index contributed by atoms with van der Waals surface area (Å²) in [5, 5.41) is 13.0. The number of ketones is 1. The second-order valence-electron chi connectivity index (χ2n) is 7.63. The van der Waals surface area contributed by atoms with Crippen LogP contribution in [0.1, 0.15) is 54.9 Å². The maximum atomic E-state index is 12.0. The molecule has 0 bridgehead atoms. The van der Waals surface area contributed by atoms with Crippen molar-refractivity contribution in [1.29, 1.82) is 0 Å². The van der Waals surface area contributed by atoms with E-state index in [9.17, 15) is 23.2 Å². The zero-order chi connectivity index (χ0) is 22.5. The molecule has 0 saturated heterocycles. The summed E-state index contributed by atoms with van der Waals surface area (Å²) in [6, 6.07) is 0. The molecule has 28 heavy (non-hydrogen) atoms. The Balaban J connectivity index is 0. The largest absolute Gasteiger partial charge is 0.444 e. The first-order valence-electron chi connectivity index (χ1n) is 8.70. The number of halogens is 2. The van der Waals surface area contributed by atoms with Gasteiger partial charge < -0.3 is 25.2 Å². The van der Waals surface area contributed by atoms with Gasteiger partial charge in [0.15, 0.2) is 5.78 Å². The lowest BCUT2D eigenvalue weighted by Gasteiger charge is -2.19. The lowest BCUT2D eigenvalue weighted by atomic mass is 10.2. The van der Waals surface area contributed by atoms with Gasteiger partial charge >= 0.3 is 12.2 Å². The predicted molar refractivity (Wildman–Crippen MR) is 100 cm³/mol. The van der Waals surface area contributed by atoms with Crippen molar-refractivity contribution >= 4 is 18.0 Å². The molecular weight excluding hydrogens is 378 g/mol. The topological polar surface area (TPSA) is 114 Å². The van der Waals surface area contributed by atoms with Crippen molar-refractivity contribution in [2.24, 2.45) is 0 Å². The van der Waals surface area contributed by atoms with E-state index in [1.54, 1.807) is 48.5 Å². The number of aliphatic hydroxyl groups excluding tert-OH is 1. The van der Waals surface area contributed by atoms with Gasteiger partial charge in [0.2, 0.25) is 0 Å². The monoisotopic (exact) mass is 410 g/mol. The number of rotatable bonds is 6. The standard InChI is InChI=1S/C9H15F2NO3.C9H17NO3/c1-9(2,3)15-8(14)12-4-6(5-13)7(10)11;1-5-7(11)6-10-8(12)13-9(2,3)4/h13H,4-5H2,1-3H3,(H,12,14);5-6H2,1-4H3,(H,10,12). The lowest BCUT2D eigenvalue weighted by molar-refractivity contribution is -0.118. The summed E-state index contributed by atoms with van der Waals surface area (Å²) in [5.74, 6) is -0.00846. The van der Waals surface area contributed by atoms with Crippen LogP contribution in [0, 0.1) is 0 Å². The van der Waals surface area contributed by atoms with Crippen LogP contribution >= 0.6 is 0 Å². The third-order valence-electron chi connectivity index (χ3n) is 2.53. The number of alkyl carbamates (subject to hydrolysis) is 2. The highest BCUT2D eigenvalue weighted by Crippen LogP contribution is 2.08. The molecule has 0 aromatic heterocycles. The van der Waals surface area contributed by atoms with Crippen molar-refractivity contribution in [3.63, 3.8) is 0 Å². The minimum Gasteiger partial charge on any atom is -0.444 e. The van der Waals surface area contributed by atoms with Crippen molar-refractivity contribution in [3.05, 3.63) is 11.7 Å². The molecule has 3 N–H and O–H groups in total. The Morgan fingerprint density at radius 1 is 0.857 bits per heavy atom. The average molecular weight is 410 g/mol. The van der Waals surface area contributed by atoms with E-state index in [4.69, 9.17) is 14.6 Å². The first-order chi connectivity index (χ1) is 12.6. The van der Waals surface area contributed by atoms with Crippen molar-refractivity contribution < 1.29 is 37.7 Å². The van der Waals surface area contributed by atoms with Crippen molar-refractivity contribution in [3.8, 4) is 0 Å². The second-order valence-corrected chi connectivity index (χ2v) is 7.63. The summed E-state index contributed by atoms with van der Waals surface area (Å²) in [6.45, 7) is 10.9. The molecule has 10 heteroatoms. The molecule has 0 fully saturated rings. The molecule has 0 spiro atoms. The van der Waals surface area contributed by atoms with Gasteiger partial charge in [-0.2, -0.15) is 8.78 Å². The molecule has 0 aromatic carbocycles. The van der Waals surface area contributed by atoms with Gasteiger partial charge in [-0.05, 0) is 41.5 Å². The van der Waals surface area contributed by atoms with E-state index in [-0.39, 0.29) is 12.3 Å². The van der Waals surface area contributed by atoms with Crippen molar-refractivity contribution in [2.45, 2.75) is 66.1 Å². The van der Waals surface area contributed by atoms with Crippen LogP contribution in [0.5, 0.6) is 0 Å². The maximum Gasteiger partial charge on any atom is 0.408 e. The Morgan fingerprint density at radius 2 is 1.25 bits per heavy atom. The molecule has 0 atom stereocenters. The van der Waals surface area contributed by atoms with E-state index in [2.05, 4.69) is 10.6 Å². The van der Waals surface area contributed by atoms with E-state index in [1.165, 1.54) is 0 Å². The Hall–Kier alpha value is -2.23. The van der Waals surface area contributed by atoms with E-state index in [0.717, 1.165) is 0 Å². The minimum absolute atomic E-state index is 0.00846. The van der Waals surface area contributed by atoms with Crippen LogP contribution in [0.2, 0.25) is 0 Å². The zero-order valence-corrected chi connectivity index (χ0v) is 17.6. The van der Waals surface area contributed by atoms with Gasteiger partial charge in [-0.15, -0.1) is 0 Å². The number of Topliss-reactive ketones (excluding diaryl/α,β-unsaturated/α-hetero) is 1. The number of ether oxygens (including phenoxy) is 2. The highest BCUT2D eigenvalue weighted by Gasteiger charge is 2.17. The summed E-state index contributed by atoms with van der Waals surface area (Å²) in [5.41, 5.74) is -1.72. The summed E-state index contributed by atoms with van der Waals surface area (Å²) < 4.78 is 33.8. The molecule has 0 aliphatic rings. The highest BCUT2D eigenvalue weighted by atomic mass is 19.3. The Labute approximate surface area is 164 Å². The number of nitrogens with one attached hydrogen (secondary N) is 2. The van der Waals surface area contributed by atoms with Crippen molar-refractivity contribution in [1.82, 2.24) is 10.6 Å². The van der Waals surface area contributed by atoms with E-state index >= 15 is 0 Å². The van der Waals surface area contributed by atoms with Crippen LogP contribution in [0.4, 0.5) is 18.4 Å². The van der Waals surface area contributed by atoms with Gasteiger partial charge in [0.1, 0.15) is 11.2 Å². The van der Waals surface area contributed by atoms with Gasteiger partial charge in [0.05, 0.1) is 13.2 Å². The van der Waals surface area contributed by atoms with Gasteiger partial charge in [-0.25, -0.2) is 9.59 Å². The fourth-order valence-electron chi connectivity index (χ4n) is 1.29. The van der Waals surface area contributed by atoms with Crippen LogP contribution in [0.15, 0.2) is 11.7 Å². The van der Waals surface area contributed by atoms with Gasteiger partial charge in [0.25, 0.3) is 6.08 Å². The number of carbonyl (C=O) groups is 3. The molecule has 0 aliphatic carbocycles. The highest BCUT2D eigenvalue weighted by molar-refractivity contribution is 5.83. The van der Waals surface area contributed by atoms with Crippen LogP contribution in [0.3, 0.4) is 0 Å². The molecule has 0 unspecified atom stereocenters. The quantitative estimate of drug-likeness (QED) is 0.620. The second kappa shape index (κ2) is 13.0.